The number of rotatable bonds is 9. The van der Waals surface area contributed by atoms with Crippen LogP contribution in [-0.4, -0.2) is 40.1 Å². The molecule has 1 aliphatic carbocycles. The largest absolute Gasteiger partial charge is 0.382 e. The first kappa shape index (κ1) is 15.4. The Labute approximate surface area is 121 Å². The van der Waals surface area contributed by atoms with Crippen LogP contribution in [0.25, 0.3) is 0 Å². The zero-order valence-electron chi connectivity index (χ0n) is 12.2. The van der Waals surface area contributed by atoms with Gasteiger partial charge in [-0.2, -0.15) is 0 Å². The second-order valence-corrected chi connectivity index (χ2v) is 5.20. The van der Waals surface area contributed by atoms with E-state index in [1.165, 1.54) is 11.1 Å². The number of fused-ring (bicyclic) bond motifs is 1. The van der Waals surface area contributed by atoms with Crippen molar-refractivity contribution in [2.75, 3.05) is 40.1 Å². The molecule has 2 rings (SSSR count). The number of hydrogen-bond acceptors (Lipinski definition) is 4. The average molecular weight is 279 g/mol. The topological polar surface area (TPSA) is 53.7 Å². The van der Waals surface area contributed by atoms with Crippen LogP contribution in [0.4, 0.5) is 0 Å². The standard InChI is InChI=1S/C16H25NO3/c1-18-8-9-20-11-10-19-7-6-14-12-13-4-2-3-5-15(13)16(14)17/h2-5,14,16H,6-12,17H2,1H3. The molecule has 1 aliphatic rings. The Kier molecular flexibility index (Phi) is 6.47. The predicted octanol–water partition coefficient (Wildman–Crippen LogP) is 1.93. The summed E-state index contributed by atoms with van der Waals surface area (Å²) >= 11 is 0. The lowest BCUT2D eigenvalue weighted by atomic mass is 9.98. The molecule has 0 radical (unpaired) electrons. The Bertz CT molecular complexity index is 397. The number of nitrogens with two attached hydrogens (primary N) is 1. The highest BCUT2D eigenvalue weighted by atomic mass is 16.5. The first-order valence-corrected chi connectivity index (χ1v) is 7.30. The van der Waals surface area contributed by atoms with Gasteiger partial charge in [0.15, 0.2) is 0 Å². The molecule has 4 nitrogen and oxygen atoms in total. The van der Waals surface area contributed by atoms with Crippen LogP contribution in [0.2, 0.25) is 0 Å². The molecule has 1 aromatic carbocycles. The number of methoxy groups -OCH3 is 1. The van der Waals surface area contributed by atoms with Crippen LogP contribution >= 0.6 is 0 Å². The van der Waals surface area contributed by atoms with Crippen LogP contribution < -0.4 is 5.73 Å². The van der Waals surface area contributed by atoms with E-state index >= 15 is 0 Å². The molecule has 0 heterocycles. The van der Waals surface area contributed by atoms with E-state index in [0.717, 1.165) is 19.4 Å². The Morgan fingerprint density at radius 3 is 2.50 bits per heavy atom. The van der Waals surface area contributed by atoms with Crippen LogP contribution in [0.5, 0.6) is 0 Å². The van der Waals surface area contributed by atoms with Gasteiger partial charge in [-0.15, -0.1) is 0 Å². The second kappa shape index (κ2) is 8.37. The molecule has 2 unspecified atom stereocenters. The van der Waals surface area contributed by atoms with E-state index in [-0.39, 0.29) is 6.04 Å². The molecule has 0 spiro atoms. The quantitative estimate of drug-likeness (QED) is 0.702. The fraction of sp³-hybridized carbons (Fsp3) is 0.625. The molecule has 1 aromatic rings. The maximum atomic E-state index is 6.29. The van der Waals surface area contributed by atoms with Crippen molar-refractivity contribution in [2.45, 2.75) is 18.9 Å². The monoisotopic (exact) mass is 279 g/mol. The van der Waals surface area contributed by atoms with Crippen molar-refractivity contribution in [1.29, 1.82) is 0 Å². The van der Waals surface area contributed by atoms with Crippen molar-refractivity contribution in [2.24, 2.45) is 11.7 Å². The lowest BCUT2D eigenvalue weighted by molar-refractivity contribution is 0.0215. The summed E-state index contributed by atoms with van der Waals surface area (Å²) in [6.07, 6.45) is 2.08. The smallest absolute Gasteiger partial charge is 0.0701 e. The van der Waals surface area contributed by atoms with E-state index in [2.05, 4.69) is 24.3 Å². The predicted molar refractivity (Wildman–Crippen MR) is 78.7 cm³/mol. The van der Waals surface area contributed by atoms with Crippen molar-refractivity contribution in [1.82, 2.24) is 0 Å². The third-order valence-corrected chi connectivity index (χ3v) is 3.84. The van der Waals surface area contributed by atoms with Crippen molar-refractivity contribution >= 4 is 0 Å². The Balaban J connectivity index is 1.58. The zero-order valence-corrected chi connectivity index (χ0v) is 12.2. The molecular formula is C16H25NO3. The van der Waals surface area contributed by atoms with Gasteiger partial charge >= 0.3 is 0 Å². The summed E-state index contributed by atoms with van der Waals surface area (Å²) in [5.74, 6) is 0.502. The Morgan fingerprint density at radius 1 is 1.05 bits per heavy atom. The molecule has 2 atom stereocenters. The van der Waals surface area contributed by atoms with Gasteiger partial charge in [0.25, 0.3) is 0 Å². The summed E-state index contributed by atoms with van der Waals surface area (Å²) in [6, 6.07) is 8.63. The Hall–Kier alpha value is -0.940. The maximum Gasteiger partial charge on any atom is 0.0701 e. The van der Waals surface area contributed by atoms with E-state index in [4.69, 9.17) is 19.9 Å². The molecule has 2 N–H and O–H groups in total. The van der Waals surface area contributed by atoms with Gasteiger partial charge in [-0.3, -0.25) is 0 Å². The molecule has 0 saturated carbocycles. The highest BCUT2D eigenvalue weighted by molar-refractivity contribution is 5.35. The molecule has 20 heavy (non-hydrogen) atoms. The van der Waals surface area contributed by atoms with Crippen LogP contribution in [0.15, 0.2) is 24.3 Å². The lowest BCUT2D eigenvalue weighted by Gasteiger charge is -2.16. The maximum absolute atomic E-state index is 6.29. The van der Waals surface area contributed by atoms with Crippen LogP contribution in [0.3, 0.4) is 0 Å². The minimum atomic E-state index is 0.160. The minimum absolute atomic E-state index is 0.160. The summed E-state index contributed by atoms with van der Waals surface area (Å²) in [5, 5.41) is 0. The molecule has 0 fully saturated rings. The molecule has 0 saturated heterocycles. The third kappa shape index (κ3) is 4.28. The second-order valence-electron chi connectivity index (χ2n) is 5.20. The number of benzene rings is 1. The SMILES string of the molecule is COCCOCCOCCC1Cc2ccccc2C1N. The van der Waals surface area contributed by atoms with Gasteiger partial charge in [0.2, 0.25) is 0 Å². The molecular weight excluding hydrogens is 254 g/mol. The summed E-state index contributed by atoms with van der Waals surface area (Å²) in [5.41, 5.74) is 8.99. The summed E-state index contributed by atoms with van der Waals surface area (Å²) < 4.78 is 15.8. The van der Waals surface area contributed by atoms with Gasteiger partial charge in [0.1, 0.15) is 0 Å². The molecule has 112 valence electrons. The van der Waals surface area contributed by atoms with Crippen molar-refractivity contribution < 1.29 is 14.2 Å². The Morgan fingerprint density at radius 2 is 1.75 bits per heavy atom. The van der Waals surface area contributed by atoms with Gasteiger partial charge in [-0.05, 0) is 29.9 Å². The molecule has 0 aromatic heterocycles. The molecule has 0 amide bonds. The van der Waals surface area contributed by atoms with Gasteiger partial charge in [-0.25, -0.2) is 0 Å². The van der Waals surface area contributed by atoms with E-state index in [9.17, 15) is 0 Å². The average Bonchev–Trinajstić information content (AvgIpc) is 2.79. The first-order valence-electron chi connectivity index (χ1n) is 7.30. The summed E-state index contributed by atoms with van der Waals surface area (Å²) in [4.78, 5) is 0. The fourth-order valence-corrected chi connectivity index (χ4v) is 2.69. The highest BCUT2D eigenvalue weighted by Gasteiger charge is 2.28. The van der Waals surface area contributed by atoms with Gasteiger partial charge in [0, 0.05) is 19.8 Å². The van der Waals surface area contributed by atoms with E-state index in [1.54, 1.807) is 7.11 Å². The first-order chi connectivity index (χ1) is 9.83. The van der Waals surface area contributed by atoms with Crippen molar-refractivity contribution in [3.05, 3.63) is 35.4 Å². The minimum Gasteiger partial charge on any atom is -0.382 e. The zero-order chi connectivity index (χ0) is 14.2. The number of hydrogen-bond donors (Lipinski definition) is 1. The van der Waals surface area contributed by atoms with E-state index in [0.29, 0.717) is 32.3 Å². The molecule has 0 aliphatic heterocycles. The van der Waals surface area contributed by atoms with Gasteiger partial charge in [0.05, 0.1) is 26.4 Å². The van der Waals surface area contributed by atoms with Crippen molar-refractivity contribution in [3.63, 3.8) is 0 Å². The van der Waals surface area contributed by atoms with Crippen LogP contribution in [0.1, 0.15) is 23.6 Å². The normalized spacial score (nSPS) is 21.1. The highest BCUT2D eigenvalue weighted by Crippen LogP contribution is 2.35. The van der Waals surface area contributed by atoms with Crippen LogP contribution in [0, 0.1) is 5.92 Å². The van der Waals surface area contributed by atoms with Crippen LogP contribution in [-0.2, 0) is 20.6 Å². The molecule has 0 bridgehead atoms. The summed E-state index contributed by atoms with van der Waals surface area (Å²) in [6.45, 7) is 3.27. The van der Waals surface area contributed by atoms with Gasteiger partial charge < -0.3 is 19.9 Å². The lowest BCUT2D eigenvalue weighted by Crippen LogP contribution is -2.19. The number of ether oxygens (including phenoxy) is 3. The molecule has 4 heteroatoms. The fourth-order valence-electron chi connectivity index (χ4n) is 2.69. The van der Waals surface area contributed by atoms with Crippen molar-refractivity contribution in [3.8, 4) is 0 Å². The van der Waals surface area contributed by atoms with E-state index in [1.807, 2.05) is 0 Å². The summed E-state index contributed by atoms with van der Waals surface area (Å²) in [7, 11) is 1.67. The van der Waals surface area contributed by atoms with Gasteiger partial charge in [-0.1, -0.05) is 24.3 Å². The third-order valence-electron chi connectivity index (χ3n) is 3.84. The van der Waals surface area contributed by atoms with E-state index < -0.39 is 0 Å².